The third-order valence-corrected chi connectivity index (χ3v) is 5.43. The van der Waals surface area contributed by atoms with E-state index in [1.807, 2.05) is 24.3 Å². The van der Waals surface area contributed by atoms with Gasteiger partial charge in [-0.25, -0.2) is 0 Å². The van der Waals surface area contributed by atoms with Gasteiger partial charge in [-0.2, -0.15) is 0 Å². The molecule has 0 spiro atoms. The van der Waals surface area contributed by atoms with Crippen molar-refractivity contribution in [1.82, 2.24) is 0 Å². The van der Waals surface area contributed by atoms with Gasteiger partial charge in [-0.1, -0.05) is 15.9 Å². The lowest BCUT2D eigenvalue weighted by Crippen LogP contribution is -2.35. The summed E-state index contributed by atoms with van der Waals surface area (Å²) < 4.78 is 6.33. The Morgan fingerprint density at radius 1 is 1.25 bits per heavy atom. The second-order valence-corrected chi connectivity index (χ2v) is 6.83. The van der Waals surface area contributed by atoms with E-state index in [-0.39, 0.29) is 35.7 Å². The molecule has 1 aliphatic heterocycles. The maximum Gasteiger partial charge on any atom is 0.310 e. The van der Waals surface area contributed by atoms with Gasteiger partial charge in [-0.15, -0.1) is 0 Å². The average molecular weight is 336 g/mol. The lowest BCUT2D eigenvalue weighted by Gasteiger charge is -2.23. The topological polar surface area (TPSA) is 55.4 Å². The zero-order chi connectivity index (χ0) is 13.9. The van der Waals surface area contributed by atoms with E-state index in [9.17, 15) is 9.59 Å². The van der Waals surface area contributed by atoms with E-state index in [2.05, 4.69) is 21.2 Å². The molecule has 1 aromatic rings. The van der Waals surface area contributed by atoms with E-state index >= 15 is 0 Å². The van der Waals surface area contributed by atoms with Crippen LogP contribution >= 0.6 is 15.9 Å². The van der Waals surface area contributed by atoms with Gasteiger partial charge >= 0.3 is 5.97 Å². The summed E-state index contributed by atoms with van der Waals surface area (Å²) in [5.74, 6) is -0.0627. The van der Waals surface area contributed by atoms with Crippen molar-refractivity contribution in [3.63, 3.8) is 0 Å². The van der Waals surface area contributed by atoms with E-state index in [1.165, 1.54) is 0 Å². The van der Waals surface area contributed by atoms with Crippen molar-refractivity contribution in [2.24, 2.45) is 23.7 Å². The quantitative estimate of drug-likeness (QED) is 0.845. The number of hydrogen-bond acceptors (Lipinski definition) is 3. The minimum absolute atomic E-state index is 0.0397. The Kier molecular flexibility index (Phi) is 2.67. The summed E-state index contributed by atoms with van der Waals surface area (Å²) in [7, 11) is 0. The minimum atomic E-state index is -0.214. The average Bonchev–Trinajstić information content (AvgIpc) is 3.02. The Bertz CT molecular complexity index is 583. The standard InChI is InChI=1S/C15H14BrNO3/c16-8-1-3-9(4-2-8)17-14(18)12-7-5-10-11(6-7)20-15(19)13(10)12/h1-4,7,10-13H,5-6H2,(H,17,18)/t7-,10-,11-,12+,13+/m1/s1. The Labute approximate surface area is 125 Å². The number of anilines is 1. The first-order valence-electron chi connectivity index (χ1n) is 6.90. The Morgan fingerprint density at radius 3 is 2.75 bits per heavy atom. The van der Waals surface area contributed by atoms with E-state index in [1.54, 1.807) is 0 Å². The summed E-state index contributed by atoms with van der Waals surface area (Å²) in [5.41, 5.74) is 0.767. The van der Waals surface area contributed by atoms with Gasteiger partial charge in [0.25, 0.3) is 0 Å². The molecule has 1 amide bonds. The molecule has 104 valence electrons. The van der Waals surface area contributed by atoms with Crippen molar-refractivity contribution in [3.05, 3.63) is 28.7 Å². The summed E-state index contributed by atoms with van der Waals surface area (Å²) in [6.07, 6.45) is 1.89. The lowest BCUT2D eigenvalue weighted by atomic mass is 9.79. The summed E-state index contributed by atoms with van der Waals surface area (Å²) in [4.78, 5) is 24.4. The van der Waals surface area contributed by atoms with E-state index in [4.69, 9.17) is 4.74 Å². The number of esters is 1. The van der Waals surface area contributed by atoms with Crippen molar-refractivity contribution in [1.29, 1.82) is 0 Å². The number of benzene rings is 1. The monoisotopic (exact) mass is 335 g/mol. The van der Waals surface area contributed by atoms with E-state index < -0.39 is 0 Å². The number of amides is 1. The number of carbonyl (C=O) groups is 2. The van der Waals surface area contributed by atoms with Crippen LogP contribution in [0.1, 0.15) is 12.8 Å². The summed E-state index contributed by atoms with van der Waals surface area (Å²) in [6.45, 7) is 0. The van der Waals surface area contributed by atoms with Crippen molar-refractivity contribution < 1.29 is 14.3 Å². The first-order chi connectivity index (χ1) is 9.63. The van der Waals surface area contributed by atoms with Crippen LogP contribution in [-0.4, -0.2) is 18.0 Å². The number of hydrogen-bond donors (Lipinski definition) is 1. The van der Waals surface area contributed by atoms with Crippen molar-refractivity contribution in [2.45, 2.75) is 18.9 Å². The van der Waals surface area contributed by atoms with Crippen LogP contribution in [0.4, 0.5) is 5.69 Å². The molecule has 4 nitrogen and oxygen atoms in total. The molecular weight excluding hydrogens is 322 g/mol. The third kappa shape index (κ3) is 1.72. The fourth-order valence-corrected chi connectivity index (χ4v) is 4.39. The summed E-state index contributed by atoms with van der Waals surface area (Å²) in [5, 5.41) is 2.93. The molecule has 2 aliphatic carbocycles. The number of fused-ring (bicyclic) bond motifs is 1. The van der Waals surface area contributed by atoms with Crippen molar-refractivity contribution in [3.8, 4) is 0 Å². The molecule has 2 saturated carbocycles. The fourth-order valence-electron chi connectivity index (χ4n) is 4.12. The number of nitrogens with one attached hydrogen (secondary N) is 1. The van der Waals surface area contributed by atoms with Crippen LogP contribution < -0.4 is 5.32 Å². The first-order valence-corrected chi connectivity index (χ1v) is 7.70. The molecule has 5 heteroatoms. The van der Waals surface area contributed by atoms with Gasteiger partial charge in [-0.3, -0.25) is 9.59 Å². The Hall–Kier alpha value is -1.36. The highest BCUT2D eigenvalue weighted by atomic mass is 79.9. The summed E-state index contributed by atoms with van der Waals surface area (Å²) in [6, 6.07) is 7.47. The van der Waals surface area contributed by atoms with Crippen LogP contribution in [-0.2, 0) is 14.3 Å². The first kappa shape index (κ1) is 12.4. The zero-order valence-corrected chi connectivity index (χ0v) is 12.3. The lowest BCUT2D eigenvalue weighted by molar-refractivity contribution is -0.145. The van der Waals surface area contributed by atoms with Crippen LogP contribution in [0.3, 0.4) is 0 Å². The normalized spacial score (nSPS) is 37.0. The van der Waals surface area contributed by atoms with Gasteiger partial charge in [0.15, 0.2) is 0 Å². The van der Waals surface area contributed by atoms with Crippen LogP contribution in [0.2, 0.25) is 0 Å². The van der Waals surface area contributed by atoms with Gasteiger partial charge in [0.2, 0.25) is 5.91 Å². The Balaban J connectivity index is 1.54. The van der Waals surface area contributed by atoms with Gasteiger partial charge in [0.1, 0.15) is 6.10 Å². The highest BCUT2D eigenvalue weighted by molar-refractivity contribution is 9.10. The molecule has 1 aromatic carbocycles. The number of rotatable bonds is 2. The maximum absolute atomic E-state index is 12.5. The molecule has 0 radical (unpaired) electrons. The zero-order valence-electron chi connectivity index (χ0n) is 10.7. The van der Waals surface area contributed by atoms with Gasteiger partial charge < -0.3 is 10.1 Å². The molecular formula is C15H14BrNO3. The molecule has 1 saturated heterocycles. The minimum Gasteiger partial charge on any atom is -0.462 e. The smallest absolute Gasteiger partial charge is 0.310 e. The van der Waals surface area contributed by atoms with Crippen LogP contribution in [0, 0.1) is 23.7 Å². The number of halogens is 1. The van der Waals surface area contributed by atoms with Crippen molar-refractivity contribution in [2.75, 3.05) is 5.32 Å². The fraction of sp³-hybridized carbons (Fsp3) is 0.467. The molecule has 20 heavy (non-hydrogen) atoms. The molecule has 0 aromatic heterocycles. The van der Waals surface area contributed by atoms with Gasteiger partial charge in [0, 0.05) is 16.1 Å². The third-order valence-electron chi connectivity index (χ3n) is 4.90. The van der Waals surface area contributed by atoms with Crippen LogP contribution in [0.5, 0.6) is 0 Å². The molecule has 3 fully saturated rings. The highest BCUT2D eigenvalue weighted by Gasteiger charge is 2.63. The van der Waals surface area contributed by atoms with Crippen molar-refractivity contribution >= 4 is 33.5 Å². The summed E-state index contributed by atoms with van der Waals surface area (Å²) >= 11 is 3.36. The molecule has 5 atom stereocenters. The van der Waals surface area contributed by atoms with Gasteiger partial charge in [-0.05, 0) is 43.0 Å². The molecule has 1 heterocycles. The van der Waals surface area contributed by atoms with Crippen LogP contribution in [0.25, 0.3) is 0 Å². The predicted octanol–water partition coefficient (Wildman–Crippen LogP) is 2.59. The Morgan fingerprint density at radius 2 is 2.00 bits per heavy atom. The predicted molar refractivity (Wildman–Crippen MR) is 75.8 cm³/mol. The van der Waals surface area contributed by atoms with Crippen LogP contribution in [0.15, 0.2) is 28.7 Å². The van der Waals surface area contributed by atoms with E-state index in [0.717, 1.165) is 23.0 Å². The second-order valence-electron chi connectivity index (χ2n) is 5.92. The molecule has 1 N–H and O–H groups in total. The largest absolute Gasteiger partial charge is 0.462 e. The van der Waals surface area contributed by atoms with Gasteiger partial charge in [0.05, 0.1) is 11.8 Å². The SMILES string of the molecule is O=C(Nc1ccc(Br)cc1)[C@H]1[C@@H]2C[C@H]3[C@@H]1C(=O)O[C@@H]3C2. The maximum atomic E-state index is 12.5. The molecule has 3 aliphatic rings. The molecule has 4 rings (SSSR count). The molecule has 2 bridgehead atoms. The number of ether oxygens (including phenoxy) is 1. The highest BCUT2D eigenvalue weighted by Crippen LogP contribution is 2.57. The number of carbonyl (C=O) groups excluding carboxylic acids is 2. The molecule has 0 unspecified atom stereocenters. The van der Waals surface area contributed by atoms with E-state index in [0.29, 0.717) is 5.92 Å². The second kappa shape index (κ2) is 4.32.